The second-order valence-electron chi connectivity index (χ2n) is 8.54. The van der Waals surface area contributed by atoms with E-state index in [-0.39, 0.29) is 25.6 Å². The van der Waals surface area contributed by atoms with Crippen LogP contribution >= 0.6 is 0 Å². The van der Waals surface area contributed by atoms with Gasteiger partial charge in [0.2, 0.25) is 0 Å². The molecule has 0 aliphatic heterocycles. The number of rotatable bonds is 12. The number of benzene rings is 4. The minimum Gasteiger partial charge on any atom is -0.496 e. The van der Waals surface area contributed by atoms with Gasteiger partial charge in [0.25, 0.3) is 0 Å². The highest BCUT2D eigenvalue weighted by molar-refractivity contribution is 5.72. The van der Waals surface area contributed by atoms with Crippen molar-refractivity contribution in [3.63, 3.8) is 0 Å². The molecule has 0 atom stereocenters. The first-order valence-electron chi connectivity index (χ1n) is 12.2. The van der Waals surface area contributed by atoms with E-state index in [1.54, 1.807) is 37.4 Å². The number of nitrogens with one attached hydrogen (secondary N) is 1. The lowest BCUT2D eigenvalue weighted by Crippen LogP contribution is -2.18. The normalized spacial score (nSPS) is 10.6. The molecule has 0 unspecified atom stereocenters. The van der Waals surface area contributed by atoms with Crippen LogP contribution in [0.4, 0.5) is 4.39 Å². The molecule has 0 saturated heterocycles. The monoisotopic (exact) mass is 512 g/mol. The van der Waals surface area contributed by atoms with Gasteiger partial charge in [-0.05, 0) is 29.8 Å². The minimum absolute atomic E-state index is 0.0338. The van der Waals surface area contributed by atoms with E-state index in [2.05, 4.69) is 11.4 Å². The lowest BCUT2D eigenvalue weighted by atomic mass is 10.0. The largest absolute Gasteiger partial charge is 0.496 e. The van der Waals surface area contributed by atoms with Crippen LogP contribution in [0.15, 0.2) is 84.9 Å². The molecule has 0 radical (unpaired) electrons. The molecule has 7 heteroatoms. The van der Waals surface area contributed by atoms with E-state index in [1.165, 1.54) is 6.07 Å². The van der Waals surface area contributed by atoms with Gasteiger partial charge in [-0.2, -0.15) is 5.26 Å². The third-order valence-electron chi connectivity index (χ3n) is 5.95. The Morgan fingerprint density at radius 1 is 0.868 bits per heavy atom. The van der Waals surface area contributed by atoms with Crippen LogP contribution in [0, 0.1) is 17.1 Å². The van der Waals surface area contributed by atoms with Crippen LogP contribution < -0.4 is 19.5 Å². The predicted molar refractivity (Wildman–Crippen MR) is 143 cm³/mol. The standard InChI is InChI=1S/C31H29FN2O4/c1-36-31-25(8-5-10-28(31)27-9-2-3-11-29(27)32)21-37-26-13-12-24(19-34-14-15-35)30(17-26)38-20-23-7-4-6-22(16-23)18-33/h2-13,16-17,34-35H,14-15,19-21H2,1H3. The zero-order valence-corrected chi connectivity index (χ0v) is 21.1. The summed E-state index contributed by atoms with van der Waals surface area (Å²) in [4.78, 5) is 0. The minimum atomic E-state index is -0.323. The van der Waals surface area contributed by atoms with Crippen LogP contribution in [0.5, 0.6) is 17.2 Å². The number of methoxy groups -OCH3 is 1. The number of nitrogens with zero attached hydrogens (tertiary/aromatic N) is 1. The SMILES string of the molecule is COc1c(COc2ccc(CNCCO)c(OCc3cccc(C#N)c3)c2)cccc1-c1ccccc1F. The molecule has 0 heterocycles. The smallest absolute Gasteiger partial charge is 0.133 e. The predicted octanol–water partition coefficient (Wildman–Crippen LogP) is 5.61. The fourth-order valence-electron chi connectivity index (χ4n) is 4.09. The number of para-hydroxylation sites is 1. The molecule has 0 aliphatic rings. The van der Waals surface area contributed by atoms with Crippen molar-refractivity contribution in [2.24, 2.45) is 0 Å². The Balaban J connectivity index is 1.54. The Labute approximate surface area is 221 Å². The van der Waals surface area contributed by atoms with E-state index in [1.807, 2.05) is 48.5 Å². The van der Waals surface area contributed by atoms with E-state index in [0.717, 1.165) is 16.7 Å². The van der Waals surface area contributed by atoms with Crippen LogP contribution in [0.1, 0.15) is 22.3 Å². The molecule has 0 spiro atoms. The van der Waals surface area contributed by atoms with Gasteiger partial charge in [-0.1, -0.05) is 54.6 Å². The summed E-state index contributed by atoms with van der Waals surface area (Å²) in [5, 5.41) is 21.5. The van der Waals surface area contributed by atoms with Crippen molar-refractivity contribution < 1.29 is 23.7 Å². The van der Waals surface area contributed by atoms with Crippen molar-refractivity contribution in [3.05, 3.63) is 113 Å². The Morgan fingerprint density at radius 3 is 2.47 bits per heavy atom. The van der Waals surface area contributed by atoms with Crippen molar-refractivity contribution in [1.29, 1.82) is 5.26 Å². The molecular weight excluding hydrogens is 483 g/mol. The van der Waals surface area contributed by atoms with E-state index >= 15 is 0 Å². The van der Waals surface area contributed by atoms with E-state index in [9.17, 15) is 9.65 Å². The molecule has 0 aliphatic carbocycles. The van der Waals surface area contributed by atoms with Crippen molar-refractivity contribution in [1.82, 2.24) is 5.32 Å². The molecule has 0 saturated carbocycles. The molecule has 4 aromatic rings. The van der Waals surface area contributed by atoms with Gasteiger partial charge in [-0.25, -0.2) is 4.39 Å². The van der Waals surface area contributed by atoms with Crippen molar-refractivity contribution in [2.75, 3.05) is 20.3 Å². The van der Waals surface area contributed by atoms with E-state index in [0.29, 0.717) is 47.0 Å². The Morgan fingerprint density at radius 2 is 1.68 bits per heavy atom. The van der Waals surface area contributed by atoms with Crippen LogP contribution in [-0.2, 0) is 19.8 Å². The molecule has 6 nitrogen and oxygen atoms in total. The number of aliphatic hydroxyl groups excluding tert-OH is 1. The molecule has 194 valence electrons. The summed E-state index contributed by atoms with van der Waals surface area (Å²) in [7, 11) is 1.56. The van der Waals surface area contributed by atoms with Gasteiger partial charge >= 0.3 is 0 Å². The Hall–Kier alpha value is -4.38. The molecule has 0 aromatic heterocycles. The van der Waals surface area contributed by atoms with E-state index < -0.39 is 0 Å². The van der Waals surface area contributed by atoms with Gasteiger partial charge in [0.1, 0.15) is 36.3 Å². The molecule has 4 rings (SSSR count). The lowest BCUT2D eigenvalue weighted by Gasteiger charge is -2.17. The van der Waals surface area contributed by atoms with Crippen LogP contribution in [-0.4, -0.2) is 25.4 Å². The maximum atomic E-state index is 14.5. The van der Waals surface area contributed by atoms with Gasteiger partial charge in [0, 0.05) is 41.4 Å². The molecule has 0 bridgehead atoms. The summed E-state index contributed by atoms with van der Waals surface area (Å²) in [5.74, 6) is 1.45. The summed E-state index contributed by atoms with van der Waals surface area (Å²) in [5.41, 5.74) is 4.24. The summed E-state index contributed by atoms with van der Waals surface area (Å²) in [6.07, 6.45) is 0. The molecule has 4 aromatic carbocycles. The molecule has 0 amide bonds. The average molecular weight is 513 g/mol. The second-order valence-corrected chi connectivity index (χ2v) is 8.54. The maximum absolute atomic E-state index is 14.5. The first-order chi connectivity index (χ1) is 18.6. The molecular formula is C31H29FN2O4. The van der Waals surface area contributed by atoms with Crippen molar-refractivity contribution >= 4 is 0 Å². The zero-order chi connectivity index (χ0) is 26.7. The van der Waals surface area contributed by atoms with Crippen LogP contribution in [0.25, 0.3) is 11.1 Å². The fourth-order valence-corrected chi connectivity index (χ4v) is 4.09. The number of hydrogen-bond donors (Lipinski definition) is 2. The zero-order valence-electron chi connectivity index (χ0n) is 21.1. The van der Waals surface area contributed by atoms with E-state index in [4.69, 9.17) is 19.3 Å². The first kappa shape index (κ1) is 26.7. The van der Waals surface area contributed by atoms with Crippen LogP contribution in [0.2, 0.25) is 0 Å². The maximum Gasteiger partial charge on any atom is 0.133 e. The Kier molecular flexibility index (Phi) is 9.30. The van der Waals surface area contributed by atoms with Gasteiger partial charge in [-0.3, -0.25) is 0 Å². The highest BCUT2D eigenvalue weighted by Crippen LogP contribution is 2.35. The van der Waals surface area contributed by atoms with Gasteiger partial charge in [-0.15, -0.1) is 0 Å². The first-order valence-corrected chi connectivity index (χ1v) is 12.2. The highest BCUT2D eigenvalue weighted by Gasteiger charge is 2.15. The van der Waals surface area contributed by atoms with Crippen molar-refractivity contribution in [3.8, 4) is 34.4 Å². The number of hydrogen-bond acceptors (Lipinski definition) is 6. The van der Waals surface area contributed by atoms with Gasteiger partial charge in [0.05, 0.1) is 25.3 Å². The van der Waals surface area contributed by atoms with Crippen molar-refractivity contribution in [2.45, 2.75) is 19.8 Å². The summed E-state index contributed by atoms with van der Waals surface area (Å²) < 4.78 is 32.4. The topological polar surface area (TPSA) is 83.7 Å². The van der Waals surface area contributed by atoms with Gasteiger partial charge in [0.15, 0.2) is 0 Å². The number of ether oxygens (including phenoxy) is 3. The highest BCUT2D eigenvalue weighted by atomic mass is 19.1. The number of nitriles is 1. The lowest BCUT2D eigenvalue weighted by molar-refractivity contribution is 0.280. The summed E-state index contributed by atoms with van der Waals surface area (Å²) in [6.45, 7) is 1.49. The Bertz CT molecular complexity index is 1420. The molecule has 0 fully saturated rings. The fraction of sp³-hybridized carbons (Fsp3) is 0.194. The third-order valence-corrected chi connectivity index (χ3v) is 5.95. The van der Waals surface area contributed by atoms with Crippen LogP contribution in [0.3, 0.4) is 0 Å². The van der Waals surface area contributed by atoms with Gasteiger partial charge < -0.3 is 24.6 Å². The molecule has 2 N–H and O–H groups in total. The average Bonchev–Trinajstić information content (AvgIpc) is 2.96. The second kappa shape index (κ2) is 13.2. The number of halogens is 1. The summed E-state index contributed by atoms with van der Waals surface area (Å²) in [6, 6.07) is 27.1. The summed E-state index contributed by atoms with van der Waals surface area (Å²) >= 11 is 0. The third kappa shape index (κ3) is 6.68. The number of aliphatic hydroxyl groups is 1. The molecule has 38 heavy (non-hydrogen) atoms. The quantitative estimate of drug-likeness (QED) is 0.240.